The van der Waals surface area contributed by atoms with E-state index in [1.165, 1.54) is 5.56 Å². The number of aryl methyl sites for hydroxylation is 1. The Bertz CT molecular complexity index is 1020. The third kappa shape index (κ3) is 3.21. The van der Waals surface area contributed by atoms with Crippen LogP contribution in [0.25, 0.3) is 0 Å². The zero-order valence-corrected chi connectivity index (χ0v) is 17.3. The lowest BCUT2D eigenvalue weighted by Gasteiger charge is -2.23. The molecule has 1 atom stereocenters. The lowest BCUT2D eigenvalue weighted by Crippen LogP contribution is -2.35. The number of benzene rings is 2. The minimum Gasteiger partial charge on any atom is -0.305 e. The quantitative estimate of drug-likeness (QED) is 0.600. The van der Waals surface area contributed by atoms with Crippen molar-refractivity contribution in [2.24, 2.45) is 0 Å². The number of amides is 1. The molecule has 2 heterocycles. The molecule has 1 unspecified atom stereocenters. The van der Waals surface area contributed by atoms with Crippen LogP contribution in [0.15, 0.2) is 53.0 Å². The van der Waals surface area contributed by atoms with Gasteiger partial charge in [0.25, 0.3) is 5.91 Å². The summed E-state index contributed by atoms with van der Waals surface area (Å²) < 4.78 is 3.01. The molecule has 4 nitrogen and oxygen atoms in total. The third-order valence-electron chi connectivity index (χ3n) is 5.23. The molecule has 5 heteroatoms. The summed E-state index contributed by atoms with van der Waals surface area (Å²) in [5.74, 6) is 0.0591. The molecule has 1 aliphatic heterocycles. The molecule has 0 bridgehead atoms. The Morgan fingerprint density at radius 2 is 1.96 bits per heavy atom. The normalized spacial score (nSPS) is 15.9. The summed E-state index contributed by atoms with van der Waals surface area (Å²) >= 11 is 3.57. The molecule has 1 aliphatic rings. The van der Waals surface area contributed by atoms with Crippen molar-refractivity contribution in [2.45, 2.75) is 39.8 Å². The molecular formula is C22H22BrN3O. The van der Waals surface area contributed by atoms with E-state index in [0.717, 1.165) is 39.1 Å². The van der Waals surface area contributed by atoms with E-state index < -0.39 is 0 Å². The number of rotatable bonds is 3. The number of carbonyl (C=O) groups excluding carboxylic acids is 1. The fourth-order valence-electron chi connectivity index (χ4n) is 3.82. The number of para-hydroxylation sites is 1. The van der Waals surface area contributed by atoms with E-state index >= 15 is 0 Å². The van der Waals surface area contributed by atoms with Crippen molar-refractivity contribution in [3.8, 4) is 0 Å². The van der Waals surface area contributed by atoms with Gasteiger partial charge < -0.3 is 4.90 Å². The molecule has 4 rings (SSSR count). The predicted octanol–water partition coefficient (Wildman–Crippen LogP) is 4.90. The van der Waals surface area contributed by atoms with Crippen LogP contribution in [0, 0.1) is 13.8 Å². The van der Waals surface area contributed by atoms with Gasteiger partial charge in [-0.2, -0.15) is 5.10 Å². The Labute approximate surface area is 167 Å². The smallest absolute Gasteiger partial charge is 0.258 e. The van der Waals surface area contributed by atoms with Crippen LogP contribution in [0.5, 0.6) is 0 Å². The second kappa shape index (κ2) is 6.97. The highest BCUT2D eigenvalue weighted by atomic mass is 79.9. The van der Waals surface area contributed by atoms with Gasteiger partial charge in [-0.05, 0) is 72.4 Å². The van der Waals surface area contributed by atoms with Crippen LogP contribution in [-0.4, -0.2) is 21.7 Å². The van der Waals surface area contributed by atoms with Gasteiger partial charge in [0.05, 0.1) is 22.4 Å². The lowest BCUT2D eigenvalue weighted by atomic mass is 10.1. The van der Waals surface area contributed by atoms with Crippen molar-refractivity contribution in [2.75, 3.05) is 4.90 Å². The molecule has 2 aromatic carbocycles. The van der Waals surface area contributed by atoms with Crippen LogP contribution in [-0.2, 0) is 13.0 Å². The average molecular weight is 424 g/mol. The first-order valence-corrected chi connectivity index (χ1v) is 9.95. The molecule has 0 N–H and O–H groups in total. The summed E-state index contributed by atoms with van der Waals surface area (Å²) in [6.07, 6.45) is 0.904. The van der Waals surface area contributed by atoms with Crippen molar-refractivity contribution in [1.82, 2.24) is 9.78 Å². The summed E-state index contributed by atoms with van der Waals surface area (Å²) in [4.78, 5) is 15.2. The molecule has 0 radical (unpaired) electrons. The number of nitrogens with zero attached hydrogens (tertiary/aromatic N) is 3. The number of hydrogen-bond acceptors (Lipinski definition) is 2. The van der Waals surface area contributed by atoms with Crippen LogP contribution >= 0.6 is 15.9 Å². The maximum Gasteiger partial charge on any atom is 0.258 e. The molecule has 138 valence electrons. The minimum absolute atomic E-state index is 0.0591. The number of carbonyl (C=O) groups is 1. The van der Waals surface area contributed by atoms with Gasteiger partial charge in [-0.15, -0.1) is 0 Å². The standard InChI is InChI=1S/C22H22BrN3O/c1-14-11-18-8-4-5-10-20(18)26(14)22(27)19-9-6-7-17(12-19)13-25-16(3)21(23)15(2)24-25/h4-10,12,14H,11,13H2,1-3H3. The Hall–Kier alpha value is -2.40. The summed E-state index contributed by atoms with van der Waals surface area (Å²) in [6, 6.07) is 16.2. The van der Waals surface area contributed by atoms with E-state index in [9.17, 15) is 4.79 Å². The highest BCUT2D eigenvalue weighted by molar-refractivity contribution is 9.10. The molecule has 0 spiro atoms. The SMILES string of the molecule is Cc1nn(Cc2cccc(C(=O)N3c4ccccc4CC3C)c2)c(C)c1Br. The maximum absolute atomic E-state index is 13.2. The number of aromatic nitrogens is 2. The first-order valence-electron chi connectivity index (χ1n) is 9.15. The Morgan fingerprint density at radius 1 is 1.19 bits per heavy atom. The molecule has 0 saturated carbocycles. The zero-order chi connectivity index (χ0) is 19.1. The van der Waals surface area contributed by atoms with Gasteiger partial charge in [-0.1, -0.05) is 30.3 Å². The van der Waals surface area contributed by atoms with Gasteiger partial charge in [-0.3, -0.25) is 9.48 Å². The molecular weight excluding hydrogens is 402 g/mol. The molecule has 0 fully saturated rings. The van der Waals surface area contributed by atoms with Crippen molar-refractivity contribution < 1.29 is 4.79 Å². The topological polar surface area (TPSA) is 38.1 Å². The van der Waals surface area contributed by atoms with Crippen LogP contribution in [0.4, 0.5) is 5.69 Å². The van der Waals surface area contributed by atoms with E-state index in [2.05, 4.69) is 34.0 Å². The fourth-order valence-corrected chi connectivity index (χ4v) is 4.10. The number of halogens is 1. The number of hydrogen-bond donors (Lipinski definition) is 0. The van der Waals surface area contributed by atoms with Gasteiger partial charge in [0, 0.05) is 17.3 Å². The highest BCUT2D eigenvalue weighted by Gasteiger charge is 2.31. The van der Waals surface area contributed by atoms with E-state index in [1.807, 2.05) is 65.9 Å². The molecule has 1 aromatic heterocycles. The monoisotopic (exact) mass is 423 g/mol. The first-order chi connectivity index (χ1) is 13.0. The Morgan fingerprint density at radius 3 is 2.70 bits per heavy atom. The van der Waals surface area contributed by atoms with E-state index in [-0.39, 0.29) is 11.9 Å². The number of fused-ring (bicyclic) bond motifs is 1. The van der Waals surface area contributed by atoms with Gasteiger partial charge in [-0.25, -0.2) is 0 Å². The van der Waals surface area contributed by atoms with Crippen LogP contribution in [0.1, 0.15) is 39.8 Å². The summed E-state index contributed by atoms with van der Waals surface area (Å²) in [5.41, 5.74) is 6.12. The molecule has 27 heavy (non-hydrogen) atoms. The van der Waals surface area contributed by atoms with Gasteiger partial charge in [0.1, 0.15) is 0 Å². The van der Waals surface area contributed by atoms with Gasteiger partial charge in [0.2, 0.25) is 0 Å². The van der Waals surface area contributed by atoms with Gasteiger partial charge in [0.15, 0.2) is 0 Å². The van der Waals surface area contributed by atoms with E-state index in [0.29, 0.717) is 6.54 Å². The van der Waals surface area contributed by atoms with E-state index in [1.54, 1.807) is 0 Å². The molecule has 3 aromatic rings. The van der Waals surface area contributed by atoms with E-state index in [4.69, 9.17) is 0 Å². The van der Waals surface area contributed by atoms with Crippen molar-refractivity contribution in [3.05, 3.63) is 81.1 Å². The Balaban J connectivity index is 1.63. The zero-order valence-electron chi connectivity index (χ0n) is 15.7. The second-order valence-electron chi connectivity index (χ2n) is 7.20. The first kappa shape index (κ1) is 18.0. The van der Waals surface area contributed by atoms with Crippen LogP contribution < -0.4 is 4.90 Å². The average Bonchev–Trinajstić information content (AvgIpc) is 3.12. The van der Waals surface area contributed by atoms with Crippen molar-refractivity contribution in [3.63, 3.8) is 0 Å². The fraction of sp³-hybridized carbons (Fsp3) is 0.273. The summed E-state index contributed by atoms with van der Waals surface area (Å²) in [5, 5.41) is 4.57. The summed E-state index contributed by atoms with van der Waals surface area (Å²) in [6.45, 7) is 6.78. The lowest BCUT2D eigenvalue weighted by molar-refractivity contribution is 0.0981. The molecule has 0 saturated heterocycles. The largest absolute Gasteiger partial charge is 0.305 e. The van der Waals surface area contributed by atoms with Crippen molar-refractivity contribution >= 4 is 27.5 Å². The maximum atomic E-state index is 13.2. The third-order valence-corrected chi connectivity index (χ3v) is 6.37. The molecule has 0 aliphatic carbocycles. The van der Waals surface area contributed by atoms with Crippen molar-refractivity contribution in [1.29, 1.82) is 0 Å². The summed E-state index contributed by atoms with van der Waals surface area (Å²) in [7, 11) is 0. The second-order valence-corrected chi connectivity index (χ2v) is 7.99. The minimum atomic E-state index is 0.0591. The molecule has 1 amide bonds. The Kier molecular flexibility index (Phi) is 4.64. The van der Waals surface area contributed by atoms with Gasteiger partial charge >= 0.3 is 0 Å². The highest BCUT2D eigenvalue weighted by Crippen LogP contribution is 2.33. The predicted molar refractivity (Wildman–Crippen MR) is 111 cm³/mol. The number of anilines is 1. The van der Waals surface area contributed by atoms with Crippen LogP contribution in [0.2, 0.25) is 0 Å². The van der Waals surface area contributed by atoms with Crippen LogP contribution in [0.3, 0.4) is 0 Å².